The van der Waals surface area contributed by atoms with E-state index in [1.165, 1.54) is 19.3 Å². The Hall–Kier alpha value is -0.590. The summed E-state index contributed by atoms with van der Waals surface area (Å²) >= 11 is 0. The van der Waals surface area contributed by atoms with Gasteiger partial charge >= 0.3 is 0 Å². The lowest BCUT2D eigenvalue weighted by Gasteiger charge is -2.20. The van der Waals surface area contributed by atoms with E-state index in [0.717, 1.165) is 24.8 Å². The molecule has 1 saturated carbocycles. The minimum Gasteiger partial charge on any atom is -0.295 e. The summed E-state index contributed by atoms with van der Waals surface area (Å²) in [6.45, 7) is 4.36. The fraction of sp³-hybridized carbons (Fsp3) is 0.750. The van der Waals surface area contributed by atoms with Gasteiger partial charge in [-0.05, 0) is 30.8 Å². The average molecular weight is 180 g/mol. The first-order valence-corrected chi connectivity index (χ1v) is 5.49. The van der Waals surface area contributed by atoms with Crippen LogP contribution in [0.4, 0.5) is 0 Å². The summed E-state index contributed by atoms with van der Waals surface area (Å²) < 4.78 is 0. The van der Waals surface area contributed by atoms with Gasteiger partial charge in [-0.25, -0.2) is 0 Å². The molecule has 0 aromatic carbocycles. The Morgan fingerprint density at radius 3 is 2.92 bits per heavy atom. The van der Waals surface area contributed by atoms with E-state index in [4.69, 9.17) is 0 Å². The van der Waals surface area contributed by atoms with E-state index in [-0.39, 0.29) is 0 Å². The minimum atomic E-state index is 0.398. The van der Waals surface area contributed by atoms with Crippen LogP contribution in [0, 0.1) is 5.92 Å². The molecule has 13 heavy (non-hydrogen) atoms. The van der Waals surface area contributed by atoms with E-state index in [2.05, 4.69) is 19.9 Å². The third-order valence-electron chi connectivity index (χ3n) is 2.82. The maximum atomic E-state index is 11.5. The molecule has 1 aliphatic carbocycles. The molecule has 0 N–H and O–H groups in total. The van der Waals surface area contributed by atoms with Crippen molar-refractivity contribution in [2.24, 2.45) is 5.92 Å². The molecule has 0 aromatic heterocycles. The van der Waals surface area contributed by atoms with Crippen molar-refractivity contribution < 1.29 is 4.79 Å². The SMILES string of the molecule is CCCCC=C1C(=O)CCCC1C. The summed E-state index contributed by atoms with van der Waals surface area (Å²) in [4.78, 5) is 11.5. The van der Waals surface area contributed by atoms with Gasteiger partial charge in [-0.2, -0.15) is 0 Å². The van der Waals surface area contributed by atoms with Crippen molar-refractivity contribution in [3.63, 3.8) is 0 Å². The van der Waals surface area contributed by atoms with Gasteiger partial charge in [-0.15, -0.1) is 0 Å². The minimum absolute atomic E-state index is 0.398. The third-order valence-corrected chi connectivity index (χ3v) is 2.82. The van der Waals surface area contributed by atoms with Crippen LogP contribution < -0.4 is 0 Å². The first kappa shape index (κ1) is 10.5. The van der Waals surface area contributed by atoms with Gasteiger partial charge in [0.05, 0.1) is 0 Å². The number of carbonyl (C=O) groups excluding carboxylic acids is 1. The summed E-state index contributed by atoms with van der Waals surface area (Å²) in [6, 6.07) is 0. The number of rotatable bonds is 3. The van der Waals surface area contributed by atoms with E-state index in [1.807, 2.05) is 0 Å². The number of unbranched alkanes of at least 4 members (excludes halogenated alkanes) is 2. The van der Waals surface area contributed by atoms with Crippen LogP contribution in [-0.2, 0) is 4.79 Å². The second-order valence-electron chi connectivity index (χ2n) is 4.02. The second-order valence-corrected chi connectivity index (χ2v) is 4.02. The molecule has 1 heteroatoms. The Labute approximate surface area is 81.2 Å². The first-order chi connectivity index (χ1) is 6.25. The smallest absolute Gasteiger partial charge is 0.158 e. The van der Waals surface area contributed by atoms with Crippen molar-refractivity contribution in [1.29, 1.82) is 0 Å². The Morgan fingerprint density at radius 1 is 1.54 bits per heavy atom. The lowest BCUT2D eigenvalue weighted by atomic mass is 9.84. The van der Waals surface area contributed by atoms with Crippen molar-refractivity contribution >= 4 is 5.78 Å². The van der Waals surface area contributed by atoms with Gasteiger partial charge in [0.25, 0.3) is 0 Å². The van der Waals surface area contributed by atoms with Crippen LogP contribution in [0.25, 0.3) is 0 Å². The molecular weight excluding hydrogens is 160 g/mol. The normalized spacial score (nSPS) is 26.8. The molecule has 0 radical (unpaired) electrons. The molecule has 0 spiro atoms. The van der Waals surface area contributed by atoms with Gasteiger partial charge in [-0.3, -0.25) is 4.79 Å². The van der Waals surface area contributed by atoms with E-state index in [9.17, 15) is 4.79 Å². The average Bonchev–Trinajstić information content (AvgIpc) is 2.10. The van der Waals surface area contributed by atoms with Gasteiger partial charge in [0.2, 0.25) is 0 Å². The van der Waals surface area contributed by atoms with Crippen LogP contribution in [-0.4, -0.2) is 5.78 Å². The maximum Gasteiger partial charge on any atom is 0.158 e. The van der Waals surface area contributed by atoms with Crippen LogP contribution >= 0.6 is 0 Å². The zero-order valence-corrected chi connectivity index (χ0v) is 8.81. The zero-order chi connectivity index (χ0) is 9.68. The van der Waals surface area contributed by atoms with Gasteiger partial charge in [0, 0.05) is 6.42 Å². The molecule has 0 aliphatic heterocycles. The van der Waals surface area contributed by atoms with Crippen molar-refractivity contribution in [2.45, 2.75) is 52.4 Å². The molecule has 1 aliphatic rings. The highest BCUT2D eigenvalue weighted by Gasteiger charge is 2.20. The largest absolute Gasteiger partial charge is 0.295 e. The molecule has 1 atom stereocenters. The van der Waals surface area contributed by atoms with E-state index >= 15 is 0 Å². The Balaban J connectivity index is 2.52. The van der Waals surface area contributed by atoms with Crippen LogP contribution in [0.5, 0.6) is 0 Å². The van der Waals surface area contributed by atoms with E-state index < -0.39 is 0 Å². The maximum absolute atomic E-state index is 11.5. The van der Waals surface area contributed by atoms with Crippen LogP contribution in [0.1, 0.15) is 52.4 Å². The Kier molecular flexibility index (Phi) is 4.20. The Bertz CT molecular complexity index is 203. The predicted octanol–water partition coefficient (Wildman–Crippen LogP) is 3.49. The van der Waals surface area contributed by atoms with E-state index in [1.54, 1.807) is 0 Å². The highest BCUT2D eigenvalue weighted by Crippen LogP contribution is 2.26. The quantitative estimate of drug-likeness (QED) is 0.480. The number of ketones is 1. The Morgan fingerprint density at radius 2 is 2.31 bits per heavy atom. The second kappa shape index (κ2) is 5.21. The van der Waals surface area contributed by atoms with Crippen LogP contribution in [0.15, 0.2) is 11.6 Å². The van der Waals surface area contributed by atoms with Gasteiger partial charge in [0.1, 0.15) is 0 Å². The fourth-order valence-corrected chi connectivity index (χ4v) is 1.92. The number of carbonyl (C=O) groups is 1. The molecule has 0 heterocycles. The van der Waals surface area contributed by atoms with Crippen molar-refractivity contribution in [2.75, 3.05) is 0 Å². The number of hydrogen-bond donors (Lipinski definition) is 0. The summed E-state index contributed by atoms with van der Waals surface area (Å²) in [5.41, 5.74) is 1.11. The molecule has 1 unspecified atom stereocenters. The standard InChI is InChI=1S/C12H20O/c1-3-4-5-8-11-10(2)7-6-9-12(11)13/h8,10H,3-7,9H2,1-2H3. The molecule has 0 saturated heterocycles. The highest BCUT2D eigenvalue weighted by atomic mass is 16.1. The first-order valence-electron chi connectivity index (χ1n) is 5.49. The summed E-state index contributed by atoms with van der Waals surface area (Å²) in [7, 11) is 0. The molecule has 1 rings (SSSR count). The fourth-order valence-electron chi connectivity index (χ4n) is 1.92. The summed E-state index contributed by atoms with van der Waals surface area (Å²) in [5, 5.41) is 0. The lowest BCUT2D eigenvalue weighted by molar-refractivity contribution is -0.117. The molecule has 1 fully saturated rings. The molecule has 74 valence electrons. The third kappa shape index (κ3) is 2.98. The molecule has 0 bridgehead atoms. The zero-order valence-electron chi connectivity index (χ0n) is 8.81. The van der Waals surface area contributed by atoms with Gasteiger partial charge < -0.3 is 0 Å². The number of hydrogen-bond acceptors (Lipinski definition) is 1. The molecule has 0 amide bonds. The van der Waals surface area contributed by atoms with Crippen molar-refractivity contribution in [3.05, 3.63) is 11.6 Å². The summed E-state index contributed by atoms with van der Waals surface area (Å²) in [5.74, 6) is 0.910. The highest BCUT2D eigenvalue weighted by molar-refractivity contribution is 5.96. The topological polar surface area (TPSA) is 17.1 Å². The number of allylic oxidation sites excluding steroid dienone is 2. The van der Waals surface area contributed by atoms with E-state index in [0.29, 0.717) is 11.7 Å². The molecule has 1 nitrogen and oxygen atoms in total. The van der Waals surface area contributed by atoms with Gasteiger partial charge in [0.15, 0.2) is 5.78 Å². The summed E-state index contributed by atoms with van der Waals surface area (Å²) in [6.07, 6.45) is 8.75. The molecule has 0 aromatic rings. The van der Waals surface area contributed by atoms with Crippen molar-refractivity contribution in [1.82, 2.24) is 0 Å². The lowest BCUT2D eigenvalue weighted by Crippen LogP contribution is -2.16. The van der Waals surface area contributed by atoms with Crippen molar-refractivity contribution in [3.8, 4) is 0 Å². The van der Waals surface area contributed by atoms with Gasteiger partial charge in [-0.1, -0.05) is 32.8 Å². The van der Waals surface area contributed by atoms with Crippen LogP contribution in [0.3, 0.4) is 0 Å². The molecular formula is C12H20O. The monoisotopic (exact) mass is 180 g/mol. The van der Waals surface area contributed by atoms with Crippen LogP contribution in [0.2, 0.25) is 0 Å². The number of Topliss-reactive ketones (excluding diaryl/α,β-unsaturated/α-hetero) is 1. The predicted molar refractivity (Wildman–Crippen MR) is 55.6 cm³/mol.